The van der Waals surface area contributed by atoms with Crippen molar-refractivity contribution in [3.63, 3.8) is 0 Å². The van der Waals surface area contributed by atoms with Crippen molar-refractivity contribution in [2.75, 3.05) is 11.4 Å². The van der Waals surface area contributed by atoms with Crippen LogP contribution in [0.4, 0.5) is 5.69 Å². The molecule has 3 nitrogen and oxygen atoms in total. The lowest BCUT2D eigenvalue weighted by Gasteiger charge is -2.29. The monoisotopic (exact) mass is 268 g/mol. The Kier molecular flexibility index (Phi) is 3.59. The summed E-state index contributed by atoms with van der Waals surface area (Å²) in [5.41, 5.74) is 3.62. The van der Waals surface area contributed by atoms with Gasteiger partial charge in [0.15, 0.2) is 0 Å². The summed E-state index contributed by atoms with van der Waals surface area (Å²) < 4.78 is 2.08. The number of carbonyl (C=O) groups is 1. The molecule has 1 aromatic carbocycles. The Balaban J connectivity index is 1.71. The van der Waals surface area contributed by atoms with E-state index in [1.807, 2.05) is 30.3 Å². The SMILES string of the molecule is Cn1cccc1CCC(=O)N1CCCc2ccccc21. The highest BCUT2D eigenvalue weighted by Crippen LogP contribution is 2.27. The maximum atomic E-state index is 12.5. The molecule has 0 fully saturated rings. The van der Waals surface area contributed by atoms with Gasteiger partial charge in [-0.1, -0.05) is 18.2 Å². The molecule has 104 valence electrons. The fourth-order valence-electron chi connectivity index (χ4n) is 2.92. The number of hydrogen-bond acceptors (Lipinski definition) is 1. The molecule has 1 aliphatic rings. The van der Waals surface area contributed by atoms with Crippen molar-refractivity contribution in [2.24, 2.45) is 7.05 Å². The van der Waals surface area contributed by atoms with Crippen LogP contribution in [0, 0.1) is 0 Å². The number of carbonyl (C=O) groups excluding carboxylic acids is 1. The van der Waals surface area contributed by atoms with Gasteiger partial charge in [-0.15, -0.1) is 0 Å². The third kappa shape index (κ3) is 2.48. The summed E-state index contributed by atoms with van der Waals surface area (Å²) in [5.74, 6) is 0.235. The van der Waals surface area contributed by atoms with E-state index in [9.17, 15) is 4.79 Å². The first-order valence-electron chi connectivity index (χ1n) is 7.24. The normalized spacial score (nSPS) is 14.2. The second-order valence-corrected chi connectivity index (χ2v) is 5.39. The van der Waals surface area contributed by atoms with E-state index in [4.69, 9.17) is 0 Å². The van der Waals surface area contributed by atoms with Crippen molar-refractivity contribution < 1.29 is 4.79 Å². The van der Waals surface area contributed by atoms with Crippen molar-refractivity contribution in [2.45, 2.75) is 25.7 Å². The molecule has 1 aliphatic heterocycles. The first kappa shape index (κ1) is 13.0. The van der Waals surface area contributed by atoms with Gasteiger partial charge in [-0.2, -0.15) is 0 Å². The Morgan fingerprint density at radius 1 is 1.20 bits per heavy atom. The molecule has 1 aromatic heterocycles. The van der Waals surface area contributed by atoms with Gasteiger partial charge in [-0.3, -0.25) is 4.79 Å². The first-order chi connectivity index (χ1) is 9.75. The minimum Gasteiger partial charge on any atom is -0.354 e. The average molecular weight is 268 g/mol. The van der Waals surface area contributed by atoms with Crippen LogP contribution in [0.3, 0.4) is 0 Å². The third-order valence-electron chi connectivity index (χ3n) is 4.06. The Bertz CT molecular complexity index is 615. The third-order valence-corrected chi connectivity index (χ3v) is 4.06. The molecule has 0 saturated carbocycles. The zero-order valence-corrected chi connectivity index (χ0v) is 11.9. The van der Waals surface area contributed by atoms with Crippen molar-refractivity contribution in [1.82, 2.24) is 4.57 Å². The van der Waals surface area contributed by atoms with Gasteiger partial charge in [-0.05, 0) is 43.0 Å². The minimum absolute atomic E-state index is 0.235. The van der Waals surface area contributed by atoms with Crippen LogP contribution in [0.15, 0.2) is 42.6 Å². The van der Waals surface area contributed by atoms with Gasteiger partial charge in [0, 0.05) is 37.6 Å². The van der Waals surface area contributed by atoms with Gasteiger partial charge in [-0.25, -0.2) is 0 Å². The number of hydrogen-bond donors (Lipinski definition) is 0. The van der Waals surface area contributed by atoms with Crippen LogP contribution in [0.2, 0.25) is 0 Å². The number of para-hydroxylation sites is 1. The van der Waals surface area contributed by atoms with E-state index in [1.165, 1.54) is 11.3 Å². The molecule has 0 N–H and O–H groups in total. The lowest BCUT2D eigenvalue weighted by Crippen LogP contribution is -2.35. The Morgan fingerprint density at radius 3 is 2.85 bits per heavy atom. The minimum atomic E-state index is 0.235. The molecule has 2 aromatic rings. The maximum Gasteiger partial charge on any atom is 0.227 e. The quantitative estimate of drug-likeness (QED) is 0.840. The van der Waals surface area contributed by atoms with E-state index in [-0.39, 0.29) is 5.91 Å². The molecule has 0 radical (unpaired) electrons. The molecular weight excluding hydrogens is 248 g/mol. The Morgan fingerprint density at radius 2 is 2.05 bits per heavy atom. The molecule has 0 unspecified atom stereocenters. The molecule has 3 rings (SSSR count). The van der Waals surface area contributed by atoms with Gasteiger partial charge < -0.3 is 9.47 Å². The van der Waals surface area contributed by atoms with E-state index in [0.29, 0.717) is 6.42 Å². The van der Waals surface area contributed by atoms with Gasteiger partial charge >= 0.3 is 0 Å². The molecule has 0 spiro atoms. The molecule has 0 bridgehead atoms. The van der Waals surface area contributed by atoms with Gasteiger partial charge in [0.1, 0.15) is 0 Å². The summed E-state index contributed by atoms with van der Waals surface area (Å²) >= 11 is 0. The molecule has 20 heavy (non-hydrogen) atoms. The number of nitrogens with zero attached hydrogens (tertiary/aromatic N) is 2. The van der Waals surface area contributed by atoms with E-state index < -0.39 is 0 Å². The smallest absolute Gasteiger partial charge is 0.227 e. The highest BCUT2D eigenvalue weighted by atomic mass is 16.2. The van der Waals surface area contributed by atoms with Crippen LogP contribution >= 0.6 is 0 Å². The van der Waals surface area contributed by atoms with E-state index in [2.05, 4.69) is 28.8 Å². The summed E-state index contributed by atoms with van der Waals surface area (Å²) in [5, 5.41) is 0. The van der Waals surface area contributed by atoms with Crippen molar-refractivity contribution in [3.05, 3.63) is 53.9 Å². The highest BCUT2D eigenvalue weighted by molar-refractivity contribution is 5.94. The van der Waals surface area contributed by atoms with E-state index >= 15 is 0 Å². The zero-order chi connectivity index (χ0) is 13.9. The Labute approximate surface area is 119 Å². The lowest BCUT2D eigenvalue weighted by molar-refractivity contribution is -0.118. The van der Waals surface area contributed by atoms with Crippen LogP contribution in [0.5, 0.6) is 0 Å². The predicted octanol–water partition coefficient (Wildman–Crippen LogP) is 2.94. The molecule has 0 saturated heterocycles. The zero-order valence-electron chi connectivity index (χ0n) is 11.9. The number of aryl methyl sites for hydroxylation is 3. The van der Waals surface area contributed by atoms with Crippen LogP contribution in [-0.4, -0.2) is 17.0 Å². The van der Waals surface area contributed by atoms with Crippen molar-refractivity contribution in [3.8, 4) is 0 Å². The largest absolute Gasteiger partial charge is 0.354 e. The highest BCUT2D eigenvalue weighted by Gasteiger charge is 2.21. The standard InChI is InChI=1S/C17H20N2O/c1-18-12-5-8-15(18)10-11-17(20)19-13-4-7-14-6-2-3-9-16(14)19/h2-3,5-6,8-9,12H,4,7,10-11,13H2,1H3. The second-order valence-electron chi connectivity index (χ2n) is 5.39. The molecule has 1 amide bonds. The number of benzene rings is 1. The van der Waals surface area contributed by atoms with E-state index in [1.54, 1.807) is 0 Å². The second kappa shape index (κ2) is 5.53. The van der Waals surface area contributed by atoms with Crippen LogP contribution in [0.1, 0.15) is 24.1 Å². The lowest BCUT2D eigenvalue weighted by atomic mass is 10.0. The van der Waals surface area contributed by atoms with Gasteiger partial charge in [0.2, 0.25) is 5.91 Å². The summed E-state index contributed by atoms with van der Waals surface area (Å²) in [4.78, 5) is 14.4. The van der Waals surface area contributed by atoms with Crippen molar-refractivity contribution in [1.29, 1.82) is 0 Å². The van der Waals surface area contributed by atoms with Gasteiger partial charge in [0.05, 0.1) is 0 Å². The topological polar surface area (TPSA) is 25.2 Å². The van der Waals surface area contributed by atoms with Gasteiger partial charge in [0.25, 0.3) is 0 Å². The molecule has 0 atom stereocenters. The Hall–Kier alpha value is -2.03. The fraction of sp³-hybridized carbons (Fsp3) is 0.353. The van der Waals surface area contributed by atoms with Crippen LogP contribution in [-0.2, 0) is 24.7 Å². The number of aromatic nitrogens is 1. The predicted molar refractivity (Wildman–Crippen MR) is 80.9 cm³/mol. The summed E-state index contributed by atoms with van der Waals surface area (Å²) in [7, 11) is 2.02. The number of amides is 1. The first-order valence-corrected chi connectivity index (χ1v) is 7.24. The number of anilines is 1. The summed E-state index contributed by atoms with van der Waals surface area (Å²) in [6, 6.07) is 12.4. The average Bonchev–Trinajstić information content (AvgIpc) is 2.89. The summed E-state index contributed by atoms with van der Waals surface area (Å²) in [6.07, 6.45) is 5.55. The maximum absolute atomic E-state index is 12.5. The molecule has 3 heteroatoms. The van der Waals surface area contributed by atoms with Crippen LogP contribution < -0.4 is 4.90 Å². The van der Waals surface area contributed by atoms with E-state index in [0.717, 1.165) is 31.5 Å². The molecule has 0 aliphatic carbocycles. The number of rotatable bonds is 3. The van der Waals surface area contributed by atoms with Crippen molar-refractivity contribution >= 4 is 11.6 Å². The summed E-state index contributed by atoms with van der Waals surface area (Å²) in [6.45, 7) is 0.850. The fourth-order valence-corrected chi connectivity index (χ4v) is 2.92. The molecule has 2 heterocycles. The number of fused-ring (bicyclic) bond motifs is 1. The van der Waals surface area contributed by atoms with Crippen LogP contribution in [0.25, 0.3) is 0 Å². The molecular formula is C17H20N2O.